The maximum absolute atomic E-state index is 12.2. The van der Waals surface area contributed by atoms with Crippen LogP contribution in [0.3, 0.4) is 0 Å². The van der Waals surface area contributed by atoms with Crippen molar-refractivity contribution in [1.82, 2.24) is 15.5 Å². The van der Waals surface area contributed by atoms with E-state index in [-0.39, 0.29) is 18.0 Å². The molecule has 6 nitrogen and oxygen atoms in total. The summed E-state index contributed by atoms with van der Waals surface area (Å²) < 4.78 is 5.49. The number of carbonyl (C=O) groups is 2. The third-order valence-electron chi connectivity index (χ3n) is 4.64. The Labute approximate surface area is 144 Å². The number of aryl methyl sites for hydroxylation is 2. The number of nitrogens with zero attached hydrogens (tertiary/aromatic N) is 1. The highest BCUT2D eigenvalue weighted by atomic mass is 16.3. The molecule has 1 aliphatic rings. The van der Waals surface area contributed by atoms with Crippen molar-refractivity contribution in [2.45, 2.75) is 65.5 Å². The first-order chi connectivity index (χ1) is 11.4. The molecule has 0 aliphatic carbocycles. The van der Waals surface area contributed by atoms with Crippen LogP contribution in [0, 0.1) is 13.8 Å². The van der Waals surface area contributed by atoms with Crippen LogP contribution in [0.25, 0.3) is 0 Å². The Bertz CT molecular complexity index is 582. The minimum Gasteiger partial charge on any atom is -0.466 e. The summed E-state index contributed by atoms with van der Waals surface area (Å²) in [6.45, 7) is 8.96. The zero-order chi connectivity index (χ0) is 17.7. The Hall–Kier alpha value is -1.98. The molecular formula is C18H29N3O3. The molecule has 0 bridgehead atoms. The van der Waals surface area contributed by atoms with Gasteiger partial charge in [0.05, 0.1) is 6.04 Å². The van der Waals surface area contributed by atoms with Crippen molar-refractivity contribution in [1.29, 1.82) is 0 Å². The smallest absolute Gasteiger partial charge is 0.315 e. The van der Waals surface area contributed by atoms with Gasteiger partial charge < -0.3 is 20.0 Å². The van der Waals surface area contributed by atoms with Crippen LogP contribution in [0.5, 0.6) is 0 Å². The molecule has 134 valence electrons. The Morgan fingerprint density at radius 2 is 2.12 bits per heavy atom. The Kier molecular flexibility index (Phi) is 6.29. The predicted molar refractivity (Wildman–Crippen MR) is 92.8 cm³/mol. The van der Waals surface area contributed by atoms with Crippen LogP contribution in [-0.2, 0) is 4.79 Å². The third kappa shape index (κ3) is 4.76. The molecule has 6 heteroatoms. The summed E-state index contributed by atoms with van der Waals surface area (Å²) in [5.74, 6) is 1.77. The minimum absolute atomic E-state index is 0.122. The molecule has 24 heavy (non-hydrogen) atoms. The Morgan fingerprint density at radius 1 is 1.38 bits per heavy atom. The summed E-state index contributed by atoms with van der Waals surface area (Å²) in [5, 5.41) is 5.64. The molecule has 2 rings (SSSR count). The van der Waals surface area contributed by atoms with E-state index in [9.17, 15) is 9.59 Å². The number of nitrogens with one attached hydrogen (secondary N) is 2. The molecular weight excluding hydrogens is 306 g/mol. The predicted octanol–water partition coefficient (Wildman–Crippen LogP) is 3.05. The normalized spacial score (nSPS) is 19.0. The molecule has 0 spiro atoms. The van der Waals surface area contributed by atoms with Gasteiger partial charge in [-0.05, 0) is 53.0 Å². The number of furan rings is 1. The summed E-state index contributed by atoms with van der Waals surface area (Å²) in [6, 6.07) is 1.84. The van der Waals surface area contributed by atoms with Crippen LogP contribution in [-0.4, -0.2) is 36.0 Å². The molecule has 1 aliphatic heterocycles. The van der Waals surface area contributed by atoms with E-state index in [0.717, 1.165) is 36.5 Å². The van der Waals surface area contributed by atoms with Gasteiger partial charge in [0.2, 0.25) is 5.91 Å². The molecule has 1 fully saturated rings. The van der Waals surface area contributed by atoms with Gasteiger partial charge in [-0.3, -0.25) is 4.79 Å². The van der Waals surface area contributed by atoms with Gasteiger partial charge in [-0.1, -0.05) is 0 Å². The van der Waals surface area contributed by atoms with E-state index in [1.54, 1.807) is 0 Å². The van der Waals surface area contributed by atoms with Gasteiger partial charge in [-0.15, -0.1) is 0 Å². The molecule has 1 aromatic heterocycles. The van der Waals surface area contributed by atoms with Gasteiger partial charge in [-0.25, -0.2) is 4.79 Å². The van der Waals surface area contributed by atoms with Gasteiger partial charge >= 0.3 is 6.03 Å². The van der Waals surface area contributed by atoms with Crippen LogP contribution < -0.4 is 10.6 Å². The first kappa shape index (κ1) is 18.4. The van der Waals surface area contributed by atoms with Gasteiger partial charge in [0.15, 0.2) is 0 Å². The lowest BCUT2D eigenvalue weighted by Gasteiger charge is -2.33. The maximum Gasteiger partial charge on any atom is 0.315 e. The largest absolute Gasteiger partial charge is 0.466 e. The summed E-state index contributed by atoms with van der Waals surface area (Å²) in [5.41, 5.74) is 0.973. The average Bonchev–Trinajstić information content (AvgIpc) is 2.86. The van der Waals surface area contributed by atoms with Gasteiger partial charge in [0.25, 0.3) is 0 Å². The van der Waals surface area contributed by atoms with Crippen LogP contribution in [0.2, 0.25) is 0 Å². The van der Waals surface area contributed by atoms with E-state index < -0.39 is 0 Å². The summed E-state index contributed by atoms with van der Waals surface area (Å²) in [7, 11) is 0. The SMILES string of the molecule is Cc1cc(C(C)NC(=O)NCCC(=O)N2CCCCC2C)c(C)o1. The molecule has 0 saturated carbocycles. The van der Waals surface area contributed by atoms with Crippen LogP contribution in [0.4, 0.5) is 4.79 Å². The number of hydrogen-bond donors (Lipinski definition) is 2. The number of rotatable bonds is 5. The molecule has 1 aromatic rings. The van der Waals surface area contributed by atoms with E-state index in [1.165, 1.54) is 6.42 Å². The second kappa shape index (κ2) is 8.22. The lowest BCUT2D eigenvalue weighted by molar-refractivity contribution is -0.134. The molecule has 2 heterocycles. The second-order valence-corrected chi connectivity index (χ2v) is 6.67. The van der Waals surface area contributed by atoms with Gasteiger partial charge in [0, 0.05) is 31.1 Å². The summed E-state index contributed by atoms with van der Waals surface area (Å²) in [6.07, 6.45) is 3.68. The van der Waals surface area contributed by atoms with Crippen molar-refractivity contribution < 1.29 is 14.0 Å². The third-order valence-corrected chi connectivity index (χ3v) is 4.64. The molecule has 3 amide bonds. The van der Waals surface area contributed by atoms with Crippen LogP contribution in [0.1, 0.15) is 62.7 Å². The zero-order valence-corrected chi connectivity index (χ0v) is 15.1. The van der Waals surface area contributed by atoms with E-state index >= 15 is 0 Å². The topological polar surface area (TPSA) is 74.6 Å². The molecule has 2 N–H and O–H groups in total. The molecule has 2 atom stereocenters. The number of piperidine rings is 1. The summed E-state index contributed by atoms with van der Waals surface area (Å²) in [4.78, 5) is 26.1. The van der Waals surface area contributed by atoms with E-state index in [0.29, 0.717) is 19.0 Å². The number of hydrogen-bond acceptors (Lipinski definition) is 3. The highest BCUT2D eigenvalue weighted by molar-refractivity contribution is 5.78. The lowest BCUT2D eigenvalue weighted by atomic mass is 10.0. The van der Waals surface area contributed by atoms with Crippen molar-refractivity contribution in [2.24, 2.45) is 0 Å². The van der Waals surface area contributed by atoms with Crippen molar-refractivity contribution >= 4 is 11.9 Å². The highest BCUT2D eigenvalue weighted by Crippen LogP contribution is 2.21. The molecule has 1 saturated heterocycles. The standard InChI is InChI=1S/C18H29N3O3/c1-12-7-5-6-10-21(12)17(22)8-9-19-18(23)20-14(3)16-11-13(2)24-15(16)4/h11-12,14H,5-10H2,1-4H3,(H2,19,20,23). The van der Waals surface area contributed by atoms with E-state index in [2.05, 4.69) is 17.6 Å². The quantitative estimate of drug-likeness (QED) is 0.868. The van der Waals surface area contributed by atoms with E-state index in [4.69, 9.17) is 4.42 Å². The van der Waals surface area contributed by atoms with Crippen molar-refractivity contribution in [3.05, 3.63) is 23.2 Å². The van der Waals surface area contributed by atoms with E-state index in [1.807, 2.05) is 31.7 Å². The second-order valence-electron chi connectivity index (χ2n) is 6.67. The fourth-order valence-electron chi connectivity index (χ4n) is 3.30. The van der Waals surface area contributed by atoms with Crippen LogP contribution in [0.15, 0.2) is 10.5 Å². The lowest BCUT2D eigenvalue weighted by Crippen LogP contribution is -2.44. The van der Waals surface area contributed by atoms with Crippen molar-refractivity contribution in [3.63, 3.8) is 0 Å². The first-order valence-corrected chi connectivity index (χ1v) is 8.79. The first-order valence-electron chi connectivity index (χ1n) is 8.79. The Morgan fingerprint density at radius 3 is 2.75 bits per heavy atom. The monoisotopic (exact) mass is 335 g/mol. The summed E-state index contributed by atoms with van der Waals surface area (Å²) >= 11 is 0. The minimum atomic E-state index is -0.264. The maximum atomic E-state index is 12.2. The molecule has 2 unspecified atom stereocenters. The number of carbonyl (C=O) groups excluding carboxylic acids is 2. The Balaban J connectivity index is 1.73. The number of amides is 3. The zero-order valence-electron chi connectivity index (χ0n) is 15.1. The van der Waals surface area contributed by atoms with Crippen molar-refractivity contribution in [2.75, 3.05) is 13.1 Å². The van der Waals surface area contributed by atoms with Crippen molar-refractivity contribution in [3.8, 4) is 0 Å². The fourth-order valence-corrected chi connectivity index (χ4v) is 3.30. The highest BCUT2D eigenvalue weighted by Gasteiger charge is 2.22. The fraction of sp³-hybridized carbons (Fsp3) is 0.667. The number of urea groups is 1. The number of likely N-dealkylation sites (tertiary alicyclic amines) is 1. The van der Waals surface area contributed by atoms with Crippen LogP contribution >= 0.6 is 0 Å². The van der Waals surface area contributed by atoms with Gasteiger partial charge in [0.1, 0.15) is 11.5 Å². The molecule has 0 aromatic carbocycles. The average molecular weight is 335 g/mol. The van der Waals surface area contributed by atoms with Gasteiger partial charge in [-0.2, -0.15) is 0 Å². The molecule has 0 radical (unpaired) electrons.